The average Bonchev–Trinajstić information content (AvgIpc) is 3.06. The van der Waals surface area contributed by atoms with Gasteiger partial charge in [0, 0.05) is 5.56 Å². The number of hydrogen-bond donors (Lipinski definition) is 3. The number of carbonyl (C=O) groups is 1. The molecule has 0 aliphatic carbocycles. The molecule has 2 aromatic carbocycles. The van der Waals surface area contributed by atoms with Crippen LogP contribution >= 0.6 is 0 Å². The zero-order valence-electron chi connectivity index (χ0n) is 14.5. The number of aromatic nitrogens is 4. The highest BCUT2D eigenvalue weighted by Crippen LogP contribution is 2.27. The minimum absolute atomic E-state index is 0.0433. The van der Waals surface area contributed by atoms with Gasteiger partial charge in [-0.05, 0) is 19.1 Å². The van der Waals surface area contributed by atoms with E-state index in [1.54, 1.807) is 4.57 Å². The number of imidazole rings is 1. The summed E-state index contributed by atoms with van der Waals surface area (Å²) in [7, 11) is 0. The van der Waals surface area contributed by atoms with Crippen molar-refractivity contribution in [2.24, 2.45) is 11.6 Å². The molecule has 0 radical (unpaired) electrons. The Kier molecular flexibility index (Phi) is 4.02. The largest absolute Gasteiger partial charge is 0.364 e. The normalized spacial score (nSPS) is 10.9. The number of rotatable bonds is 4. The Hall–Kier alpha value is -3.78. The van der Waals surface area contributed by atoms with E-state index >= 15 is 0 Å². The molecule has 0 unspecified atom stereocenters. The number of nitrogen functional groups attached to an aromatic ring is 1. The molecule has 2 aromatic heterocycles. The lowest BCUT2D eigenvalue weighted by molar-refractivity contribution is 0.0997. The number of para-hydroxylation sites is 1. The van der Waals surface area contributed by atoms with Gasteiger partial charge in [0.25, 0.3) is 5.91 Å². The predicted octanol–water partition coefficient (Wildman–Crippen LogP) is 2.18. The molecule has 1 amide bonds. The van der Waals surface area contributed by atoms with Gasteiger partial charge < -0.3 is 5.73 Å². The first kappa shape index (κ1) is 16.7. The lowest BCUT2D eigenvalue weighted by Crippen LogP contribution is -2.15. The lowest BCUT2D eigenvalue weighted by Gasteiger charge is -2.09. The van der Waals surface area contributed by atoms with Crippen LogP contribution in [0.5, 0.6) is 0 Å². The fourth-order valence-corrected chi connectivity index (χ4v) is 2.88. The number of nitrogens with two attached hydrogens (primary N) is 2. The molecule has 4 rings (SSSR count). The molecule has 4 aromatic rings. The molecule has 0 saturated carbocycles. The van der Waals surface area contributed by atoms with Crippen LogP contribution in [0.25, 0.3) is 28.2 Å². The van der Waals surface area contributed by atoms with Gasteiger partial charge in [-0.3, -0.25) is 14.8 Å². The van der Waals surface area contributed by atoms with Gasteiger partial charge in [-0.25, -0.2) is 20.8 Å². The van der Waals surface area contributed by atoms with Crippen molar-refractivity contribution in [3.8, 4) is 17.1 Å². The van der Waals surface area contributed by atoms with Crippen molar-refractivity contribution in [3.05, 3.63) is 65.9 Å². The van der Waals surface area contributed by atoms with Crippen LogP contribution in [-0.4, -0.2) is 25.4 Å². The van der Waals surface area contributed by atoms with Gasteiger partial charge in [0.05, 0.1) is 5.69 Å². The van der Waals surface area contributed by atoms with E-state index in [1.165, 1.54) is 0 Å². The van der Waals surface area contributed by atoms with E-state index < -0.39 is 5.91 Å². The van der Waals surface area contributed by atoms with E-state index in [4.69, 9.17) is 11.6 Å². The summed E-state index contributed by atoms with van der Waals surface area (Å²) in [6.07, 6.45) is 0. The third-order valence-corrected chi connectivity index (χ3v) is 4.19. The second-order valence-electron chi connectivity index (χ2n) is 6.05. The van der Waals surface area contributed by atoms with E-state index in [-0.39, 0.29) is 11.2 Å². The number of nitrogens with one attached hydrogen (secondary N) is 1. The second-order valence-corrected chi connectivity index (χ2v) is 6.05. The first-order valence-electron chi connectivity index (χ1n) is 8.28. The summed E-state index contributed by atoms with van der Waals surface area (Å²) >= 11 is 0. The molecule has 8 nitrogen and oxygen atoms in total. The quantitative estimate of drug-likeness (QED) is 0.379. The summed E-state index contributed by atoms with van der Waals surface area (Å²) in [4.78, 5) is 25.4. The fourth-order valence-electron chi connectivity index (χ4n) is 2.88. The Bertz CT molecular complexity index is 1130. The molecule has 0 bridgehead atoms. The SMILES string of the molecule is Cc1ccc(-c2nc(C(N)=O)c3nc(NN)n(-c4ccccc4)c3n2)cc1. The van der Waals surface area contributed by atoms with E-state index in [0.717, 1.165) is 16.8 Å². The van der Waals surface area contributed by atoms with E-state index in [1.807, 2.05) is 61.5 Å². The molecule has 134 valence electrons. The van der Waals surface area contributed by atoms with Crippen molar-refractivity contribution < 1.29 is 4.79 Å². The van der Waals surface area contributed by atoms with E-state index in [0.29, 0.717) is 17.4 Å². The summed E-state index contributed by atoms with van der Waals surface area (Å²) in [5.74, 6) is 5.68. The van der Waals surface area contributed by atoms with Gasteiger partial charge in [-0.1, -0.05) is 48.0 Å². The van der Waals surface area contributed by atoms with Crippen molar-refractivity contribution in [2.45, 2.75) is 6.92 Å². The molecular formula is C19H17N7O. The maximum absolute atomic E-state index is 12.0. The lowest BCUT2D eigenvalue weighted by atomic mass is 10.1. The zero-order valence-corrected chi connectivity index (χ0v) is 14.5. The average molecular weight is 359 g/mol. The molecule has 0 aliphatic heterocycles. The summed E-state index contributed by atoms with van der Waals surface area (Å²) in [5.41, 5.74) is 11.5. The highest BCUT2D eigenvalue weighted by Gasteiger charge is 2.21. The van der Waals surface area contributed by atoms with Gasteiger partial charge in [0.15, 0.2) is 17.2 Å². The van der Waals surface area contributed by atoms with Crippen molar-refractivity contribution in [2.75, 3.05) is 5.43 Å². The third-order valence-electron chi connectivity index (χ3n) is 4.19. The minimum Gasteiger partial charge on any atom is -0.364 e. The zero-order chi connectivity index (χ0) is 19.0. The van der Waals surface area contributed by atoms with Crippen LogP contribution in [0, 0.1) is 6.92 Å². The number of amides is 1. The van der Waals surface area contributed by atoms with Crippen molar-refractivity contribution in [1.29, 1.82) is 0 Å². The Morgan fingerprint density at radius 3 is 2.33 bits per heavy atom. The maximum atomic E-state index is 12.0. The highest BCUT2D eigenvalue weighted by atomic mass is 16.1. The van der Waals surface area contributed by atoms with Gasteiger partial charge in [-0.2, -0.15) is 0 Å². The van der Waals surface area contributed by atoms with Crippen LogP contribution in [0.1, 0.15) is 16.1 Å². The van der Waals surface area contributed by atoms with Crippen LogP contribution in [-0.2, 0) is 0 Å². The smallest absolute Gasteiger partial charge is 0.269 e. The molecule has 0 aliphatic rings. The molecule has 5 N–H and O–H groups in total. The van der Waals surface area contributed by atoms with Gasteiger partial charge in [0.2, 0.25) is 5.95 Å². The monoisotopic (exact) mass is 359 g/mol. The molecule has 0 fully saturated rings. The topological polar surface area (TPSA) is 125 Å². The van der Waals surface area contributed by atoms with Crippen molar-refractivity contribution in [3.63, 3.8) is 0 Å². The molecule has 0 atom stereocenters. The number of fused-ring (bicyclic) bond motifs is 1. The standard InChI is InChI=1S/C19H17N7O/c1-11-7-9-12(10-8-11)17-22-14(16(20)27)15-18(24-17)26(19(23-15)25-21)13-5-3-2-4-6-13/h2-10H,21H2,1H3,(H2,20,27)(H,23,25). The highest BCUT2D eigenvalue weighted by molar-refractivity contribution is 6.02. The molecule has 27 heavy (non-hydrogen) atoms. The number of primary amides is 1. The first-order valence-corrected chi connectivity index (χ1v) is 8.28. The molecule has 8 heteroatoms. The van der Waals surface area contributed by atoms with Crippen LogP contribution < -0.4 is 17.0 Å². The fraction of sp³-hybridized carbons (Fsp3) is 0.0526. The summed E-state index contributed by atoms with van der Waals surface area (Å²) in [5, 5.41) is 0. The number of carbonyl (C=O) groups excluding carboxylic acids is 1. The number of nitrogens with zero attached hydrogens (tertiary/aromatic N) is 4. The number of hydrogen-bond acceptors (Lipinski definition) is 6. The number of hydrazine groups is 1. The van der Waals surface area contributed by atoms with E-state index in [9.17, 15) is 4.79 Å². The van der Waals surface area contributed by atoms with Crippen LogP contribution in [0.15, 0.2) is 54.6 Å². The predicted molar refractivity (Wildman–Crippen MR) is 103 cm³/mol. The van der Waals surface area contributed by atoms with E-state index in [2.05, 4.69) is 20.4 Å². The van der Waals surface area contributed by atoms with Crippen molar-refractivity contribution in [1.82, 2.24) is 19.5 Å². The van der Waals surface area contributed by atoms with Crippen LogP contribution in [0.4, 0.5) is 5.95 Å². The van der Waals surface area contributed by atoms with Gasteiger partial charge in [-0.15, -0.1) is 0 Å². The second kappa shape index (κ2) is 6.50. The molecule has 0 spiro atoms. The Labute approximate surface area is 154 Å². The molecular weight excluding hydrogens is 342 g/mol. The maximum Gasteiger partial charge on any atom is 0.269 e. The van der Waals surface area contributed by atoms with Crippen LogP contribution in [0.2, 0.25) is 0 Å². The molecule has 0 saturated heterocycles. The summed E-state index contributed by atoms with van der Waals surface area (Å²) in [6.45, 7) is 1.99. The van der Waals surface area contributed by atoms with Crippen LogP contribution in [0.3, 0.4) is 0 Å². The minimum atomic E-state index is -0.683. The Morgan fingerprint density at radius 1 is 1.00 bits per heavy atom. The third kappa shape index (κ3) is 2.87. The number of aryl methyl sites for hydroxylation is 1. The summed E-state index contributed by atoms with van der Waals surface area (Å²) < 4.78 is 1.72. The Balaban J connectivity index is 2.06. The van der Waals surface area contributed by atoms with Crippen molar-refractivity contribution >= 4 is 23.0 Å². The Morgan fingerprint density at radius 2 is 1.70 bits per heavy atom. The first-order chi connectivity index (χ1) is 13.1. The van der Waals surface area contributed by atoms with Gasteiger partial charge >= 0.3 is 0 Å². The number of anilines is 1. The number of benzene rings is 2. The molecule has 2 heterocycles. The summed E-state index contributed by atoms with van der Waals surface area (Å²) in [6, 6.07) is 17.2. The van der Waals surface area contributed by atoms with Gasteiger partial charge in [0.1, 0.15) is 5.52 Å².